The summed E-state index contributed by atoms with van der Waals surface area (Å²) in [7, 11) is 0. The minimum absolute atomic E-state index is 0.119. The molecule has 0 aliphatic carbocycles. The number of carbonyl (C=O) groups is 1. The molecule has 4 nitrogen and oxygen atoms in total. The van der Waals surface area contributed by atoms with Crippen LogP contribution in [-0.2, 0) is 4.79 Å². The first-order valence-electron chi connectivity index (χ1n) is 6.48. The van der Waals surface area contributed by atoms with Gasteiger partial charge in [0.25, 0.3) is 0 Å². The Morgan fingerprint density at radius 2 is 2.05 bits per heavy atom. The van der Waals surface area contributed by atoms with Crippen molar-refractivity contribution in [3.63, 3.8) is 0 Å². The summed E-state index contributed by atoms with van der Waals surface area (Å²) in [5.74, 6) is -0.119. The van der Waals surface area contributed by atoms with Crippen LogP contribution >= 0.6 is 0 Å². The van der Waals surface area contributed by atoms with Crippen LogP contribution in [0.3, 0.4) is 0 Å². The molecule has 0 heterocycles. The summed E-state index contributed by atoms with van der Waals surface area (Å²) in [6.07, 6.45) is 3.20. The fraction of sp³-hybridized carbons (Fsp3) is 0.400. The van der Waals surface area contributed by atoms with Gasteiger partial charge in [0.2, 0.25) is 6.20 Å². The van der Waals surface area contributed by atoms with Gasteiger partial charge in [-0.3, -0.25) is 4.79 Å². The minimum atomic E-state index is -0.604. The van der Waals surface area contributed by atoms with Crippen LogP contribution in [0.25, 0.3) is 5.57 Å². The third-order valence-electron chi connectivity index (χ3n) is 2.81. The van der Waals surface area contributed by atoms with Crippen LogP contribution in [0.15, 0.2) is 41.6 Å². The van der Waals surface area contributed by atoms with Gasteiger partial charge in [-0.1, -0.05) is 48.5 Å². The Bertz CT molecular complexity index is 478. The van der Waals surface area contributed by atoms with E-state index in [9.17, 15) is 10.0 Å². The van der Waals surface area contributed by atoms with Crippen molar-refractivity contribution >= 4 is 11.4 Å². The molecule has 0 aliphatic heterocycles. The van der Waals surface area contributed by atoms with Gasteiger partial charge in [-0.25, -0.2) is 0 Å². The van der Waals surface area contributed by atoms with Gasteiger partial charge in [-0.15, -0.1) is 0 Å². The predicted molar refractivity (Wildman–Crippen MR) is 75.5 cm³/mol. The van der Waals surface area contributed by atoms with Crippen molar-refractivity contribution in [1.29, 1.82) is 0 Å². The maximum atomic E-state index is 11.7. The van der Waals surface area contributed by atoms with Crippen LogP contribution < -0.4 is 0 Å². The molecule has 19 heavy (non-hydrogen) atoms. The molecule has 4 heteroatoms. The zero-order valence-electron chi connectivity index (χ0n) is 11.7. The van der Waals surface area contributed by atoms with Crippen LogP contribution in [-0.4, -0.2) is 16.7 Å². The largest absolute Gasteiger partial charge is 0.595 e. The van der Waals surface area contributed by atoms with Crippen LogP contribution in [0.2, 0.25) is 0 Å². The third-order valence-corrected chi connectivity index (χ3v) is 2.81. The number of benzene rings is 1. The molecule has 0 bridgehead atoms. The highest BCUT2D eigenvalue weighted by atomic mass is 16.5. The molecule has 0 aliphatic rings. The number of hydroxylamine groups is 1. The van der Waals surface area contributed by atoms with Gasteiger partial charge in [0.15, 0.2) is 11.8 Å². The fourth-order valence-corrected chi connectivity index (χ4v) is 1.62. The molecule has 0 aromatic heterocycles. The number of allylic oxidation sites excluding steroid dienone is 1. The van der Waals surface area contributed by atoms with Gasteiger partial charge in [0, 0.05) is 5.57 Å². The minimum Gasteiger partial charge on any atom is -0.595 e. The lowest BCUT2D eigenvalue weighted by atomic mass is 10.0. The topological polar surface area (TPSA) is 55.5 Å². The van der Waals surface area contributed by atoms with Crippen molar-refractivity contribution in [3.8, 4) is 0 Å². The highest BCUT2D eigenvalue weighted by Gasteiger charge is 2.10. The molecule has 1 aromatic rings. The number of hydrogen-bond donors (Lipinski definition) is 0. The lowest BCUT2D eigenvalue weighted by Crippen LogP contribution is -2.12. The Balaban J connectivity index is 2.99. The van der Waals surface area contributed by atoms with Gasteiger partial charge in [-0.2, -0.15) is 0 Å². The average Bonchev–Trinajstić information content (AvgIpc) is 2.39. The Hall–Kier alpha value is -1.97. The summed E-state index contributed by atoms with van der Waals surface area (Å²) < 4.78 is 0. The van der Waals surface area contributed by atoms with Crippen molar-refractivity contribution in [2.24, 2.45) is 5.11 Å². The molecule has 0 radical (unpaired) electrons. The zero-order valence-corrected chi connectivity index (χ0v) is 11.7. The van der Waals surface area contributed by atoms with Gasteiger partial charge in [0.05, 0.1) is 0 Å². The van der Waals surface area contributed by atoms with E-state index in [1.54, 1.807) is 6.92 Å². The van der Waals surface area contributed by atoms with Crippen LogP contribution in [0.5, 0.6) is 0 Å². The molecule has 1 aromatic carbocycles. The number of ketones is 1. The monoisotopic (exact) mass is 260 g/mol. The summed E-state index contributed by atoms with van der Waals surface area (Å²) in [4.78, 5) is 11.6. The highest BCUT2D eigenvalue weighted by molar-refractivity contribution is 5.80. The summed E-state index contributed by atoms with van der Waals surface area (Å²) in [5, 5.41) is 15.5. The quantitative estimate of drug-likeness (QED) is 0.444. The van der Waals surface area contributed by atoms with E-state index in [-0.39, 0.29) is 5.78 Å². The molecule has 1 rings (SSSR count). The van der Waals surface area contributed by atoms with Crippen molar-refractivity contribution in [2.45, 2.75) is 39.7 Å². The number of carbonyl (C=O) groups excluding carboxylic acids is 1. The summed E-state index contributed by atoms with van der Waals surface area (Å²) in [5.41, 5.74) is 1.94. The molecule has 102 valence electrons. The Morgan fingerprint density at radius 1 is 1.42 bits per heavy atom. The van der Waals surface area contributed by atoms with Gasteiger partial charge >= 0.3 is 0 Å². The molecule has 0 unspecified atom stereocenters. The molecule has 0 fully saturated rings. The smallest absolute Gasteiger partial charge is 0.213 e. The zero-order chi connectivity index (χ0) is 14.3. The first kappa shape index (κ1) is 15.1. The first-order chi connectivity index (χ1) is 9.04. The maximum absolute atomic E-state index is 11.7. The lowest BCUT2D eigenvalue weighted by molar-refractivity contribution is -0.460. The average molecular weight is 260 g/mol. The number of rotatable bonds is 6. The molecule has 0 spiro atoms. The van der Waals surface area contributed by atoms with E-state index in [4.69, 9.17) is 0 Å². The van der Waals surface area contributed by atoms with Gasteiger partial charge in [0.1, 0.15) is 0 Å². The van der Waals surface area contributed by atoms with Gasteiger partial charge < -0.3 is 5.21 Å². The number of nitrogens with zero attached hydrogens (tertiary/aromatic N) is 2. The first-order valence-corrected chi connectivity index (χ1v) is 6.48. The van der Waals surface area contributed by atoms with Crippen molar-refractivity contribution in [1.82, 2.24) is 0 Å². The second-order valence-corrected chi connectivity index (χ2v) is 4.47. The number of Topliss-reactive ketones (excluding diaryl/α,β-unsaturated/α-hetero) is 1. The second kappa shape index (κ2) is 7.46. The molecular weight excluding hydrogens is 240 g/mol. The Labute approximate surface area is 114 Å². The Kier molecular flexibility index (Phi) is 5.93. The van der Waals surface area contributed by atoms with E-state index in [1.165, 1.54) is 13.1 Å². The van der Waals surface area contributed by atoms with Crippen molar-refractivity contribution in [3.05, 3.63) is 47.3 Å². The van der Waals surface area contributed by atoms with Crippen LogP contribution in [0.4, 0.5) is 0 Å². The van der Waals surface area contributed by atoms with Gasteiger partial charge in [-0.05, 0) is 30.9 Å². The molecular formula is C15H20N2O2. The summed E-state index contributed by atoms with van der Waals surface area (Å²) in [6.45, 7) is 5.10. The number of hydrogen-bond acceptors (Lipinski definition) is 3. The standard InChI is InChI=1S/C15H20N2O2/c1-4-8-15(14-9-6-5-7-10-14)11-17(19)16-12(2)13(3)18/h5-7,9-12H,4,8H2,1-3H3/b15-11+,17-16?/t12-/m0/s1. The van der Waals surface area contributed by atoms with E-state index >= 15 is 0 Å². The van der Waals surface area contributed by atoms with Crippen molar-refractivity contribution in [2.75, 3.05) is 0 Å². The van der Waals surface area contributed by atoms with E-state index in [0.29, 0.717) is 4.86 Å². The summed E-state index contributed by atoms with van der Waals surface area (Å²) >= 11 is 0. The molecule has 0 saturated carbocycles. The van der Waals surface area contributed by atoms with E-state index in [2.05, 4.69) is 12.0 Å². The van der Waals surface area contributed by atoms with Crippen LogP contribution in [0, 0.1) is 5.21 Å². The van der Waals surface area contributed by atoms with Crippen molar-refractivity contribution < 1.29 is 9.66 Å². The molecule has 0 saturated heterocycles. The van der Waals surface area contributed by atoms with Crippen LogP contribution in [0.1, 0.15) is 39.2 Å². The molecule has 0 amide bonds. The molecule has 1 atom stereocenters. The molecule has 0 N–H and O–H groups in total. The SMILES string of the molecule is CCC/C(=C\[N+]([O-])=N[C@@H](C)C(C)=O)c1ccccc1. The summed E-state index contributed by atoms with van der Waals surface area (Å²) in [6, 6.07) is 9.12. The van der Waals surface area contributed by atoms with E-state index < -0.39 is 6.04 Å². The second-order valence-electron chi connectivity index (χ2n) is 4.47. The van der Waals surface area contributed by atoms with E-state index in [1.807, 2.05) is 30.3 Å². The third kappa shape index (κ3) is 5.04. The highest BCUT2D eigenvalue weighted by Crippen LogP contribution is 2.19. The number of azo groups is 1. The predicted octanol–water partition coefficient (Wildman–Crippen LogP) is 3.77. The van der Waals surface area contributed by atoms with E-state index in [0.717, 1.165) is 24.0 Å². The Morgan fingerprint density at radius 3 is 2.58 bits per heavy atom. The maximum Gasteiger partial charge on any atom is 0.213 e. The lowest BCUT2D eigenvalue weighted by Gasteiger charge is -2.05. The normalized spacial score (nSPS) is 14.3. The fourth-order valence-electron chi connectivity index (χ4n) is 1.62.